The van der Waals surface area contributed by atoms with Crippen molar-refractivity contribution >= 4 is 24.0 Å². The molecule has 6 heteroatoms. The molecular formula is C11H17Cl2N3O. The molecule has 2 heterocycles. The van der Waals surface area contributed by atoms with Crippen LogP contribution in [0.15, 0.2) is 12.4 Å². The highest BCUT2D eigenvalue weighted by atomic mass is 35.5. The predicted molar refractivity (Wildman–Crippen MR) is 70.0 cm³/mol. The lowest BCUT2D eigenvalue weighted by Crippen LogP contribution is -2.28. The third-order valence-corrected chi connectivity index (χ3v) is 3.00. The summed E-state index contributed by atoms with van der Waals surface area (Å²) in [7, 11) is 0. The molecule has 0 saturated carbocycles. The van der Waals surface area contributed by atoms with Gasteiger partial charge in [-0.15, -0.1) is 12.4 Å². The second-order valence-corrected chi connectivity index (χ2v) is 4.40. The first-order chi connectivity index (χ1) is 7.84. The summed E-state index contributed by atoms with van der Waals surface area (Å²) in [5, 5.41) is 3.72. The standard InChI is InChI=1S/C11H16ClN3O.ClH/c12-10-7-14-8-11(15-10)16-6-3-9-1-4-13-5-2-9;/h7-9,13H,1-6H2;1H. The number of hydrogen-bond acceptors (Lipinski definition) is 4. The molecule has 1 aromatic heterocycles. The van der Waals surface area contributed by atoms with Crippen LogP contribution in [-0.4, -0.2) is 29.7 Å². The molecule has 1 aliphatic rings. The Kier molecular flexibility index (Phi) is 6.55. The highest BCUT2D eigenvalue weighted by molar-refractivity contribution is 6.29. The minimum Gasteiger partial charge on any atom is -0.477 e. The molecule has 0 unspecified atom stereocenters. The summed E-state index contributed by atoms with van der Waals surface area (Å²) in [4.78, 5) is 7.94. The lowest BCUT2D eigenvalue weighted by molar-refractivity contribution is 0.244. The lowest BCUT2D eigenvalue weighted by Gasteiger charge is -2.22. The van der Waals surface area contributed by atoms with Gasteiger partial charge >= 0.3 is 0 Å². The Morgan fingerprint density at radius 1 is 1.35 bits per heavy atom. The SMILES string of the molecule is Cl.Clc1cncc(OCCC2CCNCC2)n1. The first-order valence-electron chi connectivity index (χ1n) is 5.65. The molecule has 17 heavy (non-hydrogen) atoms. The Hall–Kier alpha value is -0.580. The third kappa shape index (κ3) is 5.06. The third-order valence-electron chi connectivity index (χ3n) is 2.82. The molecule has 1 fully saturated rings. The average molecular weight is 278 g/mol. The molecule has 0 bridgehead atoms. The maximum Gasteiger partial charge on any atom is 0.233 e. The van der Waals surface area contributed by atoms with E-state index in [-0.39, 0.29) is 12.4 Å². The van der Waals surface area contributed by atoms with E-state index in [2.05, 4.69) is 15.3 Å². The van der Waals surface area contributed by atoms with Gasteiger partial charge in [0.1, 0.15) is 0 Å². The van der Waals surface area contributed by atoms with Crippen LogP contribution >= 0.6 is 24.0 Å². The van der Waals surface area contributed by atoms with E-state index in [1.165, 1.54) is 19.0 Å². The number of ether oxygens (including phenoxy) is 1. The Morgan fingerprint density at radius 2 is 2.12 bits per heavy atom. The van der Waals surface area contributed by atoms with E-state index in [1.807, 2.05) is 0 Å². The molecule has 2 rings (SSSR count). The summed E-state index contributed by atoms with van der Waals surface area (Å²) < 4.78 is 5.51. The summed E-state index contributed by atoms with van der Waals surface area (Å²) in [6, 6.07) is 0. The number of hydrogen-bond donors (Lipinski definition) is 1. The van der Waals surface area contributed by atoms with Gasteiger partial charge in [0.2, 0.25) is 5.88 Å². The highest BCUT2D eigenvalue weighted by Gasteiger charge is 2.12. The maximum absolute atomic E-state index is 5.71. The van der Waals surface area contributed by atoms with Crippen LogP contribution in [0.3, 0.4) is 0 Å². The topological polar surface area (TPSA) is 47.0 Å². The zero-order chi connectivity index (χ0) is 11.2. The van der Waals surface area contributed by atoms with Crippen molar-refractivity contribution in [2.45, 2.75) is 19.3 Å². The Balaban J connectivity index is 0.00000144. The number of rotatable bonds is 4. The fourth-order valence-electron chi connectivity index (χ4n) is 1.90. The lowest BCUT2D eigenvalue weighted by atomic mass is 9.95. The van der Waals surface area contributed by atoms with Crippen molar-refractivity contribution in [2.24, 2.45) is 5.92 Å². The molecule has 4 nitrogen and oxygen atoms in total. The molecule has 96 valence electrons. The molecule has 0 aliphatic carbocycles. The second-order valence-electron chi connectivity index (χ2n) is 4.01. The van der Waals surface area contributed by atoms with Crippen molar-refractivity contribution in [2.75, 3.05) is 19.7 Å². The summed E-state index contributed by atoms with van der Waals surface area (Å²) in [6.07, 6.45) is 6.65. The van der Waals surface area contributed by atoms with Crippen LogP contribution in [0, 0.1) is 5.92 Å². The molecule has 0 aromatic carbocycles. The van der Waals surface area contributed by atoms with Gasteiger partial charge in [0.05, 0.1) is 19.0 Å². The van der Waals surface area contributed by atoms with Crippen LogP contribution in [0.1, 0.15) is 19.3 Å². The molecular weight excluding hydrogens is 261 g/mol. The summed E-state index contributed by atoms with van der Waals surface area (Å²) in [6.45, 7) is 2.95. The summed E-state index contributed by atoms with van der Waals surface area (Å²) >= 11 is 5.71. The molecule has 1 N–H and O–H groups in total. The molecule has 1 saturated heterocycles. The predicted octanol–water partition coefficient (Wildman–Crippen LogP) is 2.32. The molecule has 0 spiro atoms. The minimum atomic E-state index is 0. The number of piperidine rings is 1. The van der Waals surface area contributed by atoms with Gasteiger partial charge in [0.15, 0.2) is 5.15 Å². The first-order valence-corrected chi connectivity index (χ1v) is 6.03. The number of nitrogens with zero attached hydrogens (tertiary/aromatic N) is 2. The van der Waals surface area contributed by atoms with E-state index >= 15 is 0 Å². The zero-order valence-corrected chi connectivity index (χ0v) is 11.1. The van der Waals surface area contributed by atoms with Crippen molar-refractivity contribution in [3.8, 4) is 5.88 Å². The number of nitrogens with one attached hydrogen (secondary N) is 1. The molecule has 1 aromatic rings. The van der Waals surface area contributed by atoms with Crippen LogP contribution in [0.25, 0.3) is 0 Å². The van der Waals surface area contributed by atoms with Crippen LogP contribution in [0.2, 0.25) is 5.15 Å². The van der Waals surface area contributed by atoms with Gasteiger partial charge in [-0.3, -0.25) is 4.98 Å². The Labute approximate surface area is 113 Å². The smallest absolute Gasteiger partial charge is 0.233 e. The average Bonchev–Trinajstić information content (AvgIpc) is 2.30. The van der Waals surface area contributed by atoms with Crippen LogP contribution in [-0.2, 0) is 0 Å². The second kappa shape index (κ2) is 7.69. The normalized spacial score (nSPS) is 16.3. The van der Waals surface area contributed by atoms with E-state index in [4.69, 9.17) is 16.3 Å². The van der Waals surface area contributed by atoms with Gasteiger partial charge in [-0.05, 0) is 38.3 Å². The monoisotopic (exact) mass is 277 g/mol. The van der Waals surface area contributed by atoms with Crippen molar-refractivity contribution in [1.29, 1.82) is 0 Å². The summed E-state index contributed by atoms with van der Waals surface area (Å²) in [5.41, 5.74) is 0. The quantitative estimate of drug-likeness (QED) is 0.918. The Bertz CT molecular complexity index is 332. The highest BCUT2D eigenvalue weighted by Crippen LogP contribution is 2.16. The first kappa shape index (κ1) is 14.5. The van der Waals surface area contributed by atoms with E-state index < -0.39 is 0 Å². The van der Waals surface area contributed by atoms with Gasteiger partial charge in [-0.25, -0.2) is 0 Å². The fraction of sp³-hybridized carbons (Fsp3) is 0.636. The molecule has 1 aliphatic heterocycles. The molecule has 0 amide bonds. The van der Waals surface area contributed by atoms with Crippen LogP contribution in [0.5, 0.6) is 5.88 Å². The van der Waals surface area contributed by atoms with Crippen LogP contribution < -0.4 is 10.1 Å². The van der Waals surface area contributed by atoms with Crippen molar-refractivity contribution in [3.05, 3.63) is 17.5 Å². The van der Waals surface area contributed by atoms with Gasteiger partial charge in [0, 0.05) is 0 Å². The molecule has 0 atom stereocenters. The van der Waals surface area contributed by atoms with Gasteiger partial charge in [-0.2, -0.15) is 4.98 Å². The summed E-state index contributed by atoms with van der Waals surface area (Å²) in [5.74, 6) is 1.29. The zero-order valence-electron chi connectivity index (χ0n) is 9.56. The number of halogens is 2. The van der Waals surface area contributed by atoms with E-state index in [1.54, 1.807) is 6.20 Å². The Morgan fingerprint density at radius 3 is 2.82 bits per heavy atom. The molecule has 0 radical (unpaired) electrons. The van der Waals surface area contributed by atoms with Crippen molar-refractivity contribution in [1.82, 2.24) is 15.3 Å². The van der Waals surface area contributed by atoms with Gasteiger partial charge in [0.25, 0.3) is 0 Å². The van der Waals surface area contributed by atoms with Crippen molar-refractivity contribution < 1.29 is 4.74 Å². The van der Waals surface area contributed by atoms with Crippen LogP contribution in [0.4, 0.5) is 0 Å². The fourth-order valence-corrected chi connectivity index (χ4v) is 2.04. The number of aromatic nitrogens is 2. The van der Waals surface area contributed by atoms with Gasteiger partial charge < -0.3 is 10.1 Å². The van der Waals surface area contributed by atoms with E-state index in [9.17, 15) is 0 Å². The minimum absolute atomic E-state index is 0. The largest absolute Gasteiger partial charge is 0.477 e. The van der Waals surface area contributed by atoms with Gasteiger partial charge in [-0.1, -0.05) is 11.6 Å². The van der Waals surface area contributed by atoms with Crippen molar-refractivity contribution in [3.63, 3.8) is 0 Å². The maximum atomic E-state index is 5.71. The van der Waals surface area contributed by atoms with E-state index in [0.717, 1.165) is 25.4 Å². The van der Waals surface area contributed by atoms with E-state index in [0.29, 0.717) is 17.6 Å².